The summed E-state index contributed by atoms with van der Waals surface area (Å²) >= 11 is 7.44. The van der Waals surface area contributed by atoms with E-state index in [0.29, 0.717) is 27.2 Å². The van der Waals surface area contributed by atoms with Crippen LogP contribution in [0, 0.1) is 0 Å². The van der Waals surface area contributed by atoms with E-state index in [4.69, 9.17) is 21.1 Å². The molecular weight excluding hydrogens is 336 g/mol. The van der Waals surface area contributed by atoms with Crippen LogP contribution in [0.15, 0.2) is 42.5 Å². The maximum atomic E-state index is 12.0. The maximum absolute atomic E-state index is 12.0. The Morgan fingerprint density at radius 1 is 1.26 bits per heavy atom. The van der Waals surface area contributed by atoms with Gasteiger partial charge in [0.25, 0.3) is 5.91 Å². The monoisotopic (exact) mass is 348 g/mol. The second kappa shape index (κ2) is 6.85. The Bertz CT molecular complexity index is 850. The number of carbonyl (C=O) groups excluding carboxylic acids is 1. The number of rotatable bonds is 5. The van der Waals surface area contributed by atoms with E-state index in [-0.39, 0.29) is 12.5 Å². The molecule has 1 heterocycles. The van der Waals surface area contributed by atoms with Crippen molar-refractivity contribution in [3.8, 4) is 11.5 Å². The topological polar surface area (TPSA) is 60.5 Å². The predicted molar refractivity (Wildman–Crippen MR) is 91.7 cm³/mol. The molecule has 0 atom stereocenters. The third-order valence-corrected chi connectivity index (χ3v) is 4.27. The van der Waals surface area contributed by atoms with Crippen molar-refractivity contribution in [3.05, 3.63) is 47.5 Å². The number of para-hydroxylation sites is 1. The van der Waals surface area contributed by atoms with Crippen LogP contribution in [0.2, 0.25) is 5.02 Å². The number of aromatic nitrogens is 1. The number of methoxy groups -OCH3 is 1. The van der Waals surface area contributed by atoms with Crippen LogP contribution in [0.5, 0.6) is 11.5 Å². The molecule has 0 aliphatic rings. The fourth-order valence-corrected chi connectivity index (χ4v) is 3.15. The SMILES string of the molecule is COc1cccc(OCC(=O)Nc2nc3c(Cl)cccc3s2)c1. The molecule has 3 aromatic rings. The number of carbonyl (C=O) groups is 1. The summed E-state index contributed by atoms with van der Waals surface area (Å²) < 4.78 is 11.5. The molecule has 0 fully saturated rings. The zero-order valence-corrected chi connectivity index (χ0v) is 13.8. The lowest BCUT2D eigenvalue weighted by atomic mass is 10.3. The molecule has 0 aliphatic carbocycles. The third-order valence-electron chi connectivity index (χ3n) is 3.03. The van der Waals surface area contributed by atoms with Gasteiger partial charge in [-0.1, -0.05) is 35.1 Å². The third kappa shape index (κ3) is 3.72. The molecule has 5 nitrogen and oxygen atoms in total. The number of anilines is 1. The van der Waals surface area contributed by atoms with Gasteiger partial charge in [-0.2, -0.15) is 0 Å². The average Bonchev–Trinajstić information content (AvgIpc) is 2.97. The van der Waals surface area contributed by atoms with Crippen molar-refractivity contribution < 1.29 is 14.3 Å². The number of amides is 1. The highest BCUT2D eigenvalue weighted by Gasteiger charge is 2.10. The minimum absolute atomic E-state index is 0.114. The molecule has 0 saturated heterocycles. The first kappa shape index (κ1) is 15.6. The summed E-state index contributed by atoms with van der Waals surface area (Å²) in [5.41, 5.74) is 0.684. The number of nitrogens with zero attached hydrogens (tertiary/aromatic N) is 1. The molecule has 7 heteroatoms. The van der Waals surface area contributed by atoms with Crippen LogP contribution in [0.1, 0.15) is 0 Å². The minimum atomic E-state index is -0.289. The van der Waals surface area contributed by atoms with Gasteiger partial charge in [0.05, 0.1) is 16.8 Å². The Morgan fingerprint density at radius 2 is 2.04 bits per heavy atom. The van der Waals surface area contributed by atoms with Gasteiger partial charge in [-0.15, -0.1) is 0 Å². The highest BCUT2D eigenvalue weighted by atomic mass is 35.5. The summed E-state index contributed by atoms with van der Waals surface area (Å²) in [6.07, 6.45) is 0. The van der Waals surface area contributed by atoms with E-state index in [1.165, 1.54) is 11.3 Å². The van der Waals surface area contributed by atoms with Crippen LogP contribution >= 0.6 is 22.9 Å². The summed E-state index contributed by atoms with van der Waals surface area (Å²) in [6.45, 7) is -0.114. The Labute approximate surface area is 141 Å². The van der Waals surface area contributed by atoms with Gasteiger partial charge in [-0.3, -0.25) is 10.1 Å². The van der Waals surface area contributed by atoms with Gasteiger partial charge in [0.1, 0.15) is 17.0 Å². The van der Waals surface area contributed by atoms with Crippen molar-refractivity contribution in [2.45, 2.75) is 0 Å². The fraction of sp³-hybridized carbons (Fsp3) is 0.125. The van der Waals surface area contributed by atoms with Crippen molar-refractivity contribution in [3.63, 3.8) is 0 Å². The van der Waals surface area contributed by atoms with Gasteiger partial charge < -0.3 is 9.47 Å². The number of hydrogen-bond donors (Lipinski definition) is 1. The van der Waals surface area contributed by atoms with Crippen LogP contribution in [0.25, 0.3) is 10.2 Å². The number of hydrogen-bond acceptors (Lipinski definition) is 5. The summed E-state index contributed by atoms with van der Waals surface area (Å²) in [4.78, 5) is 16.3. The molecular formula is C16H13ClN2O3S. The second-order valence-corrected chi connectivity index (χ2v) is 6.06. The van der Waals surface area contributed by atoms with Crippen molar-refractivity contribution >= 4 is 44.2 Å². The molecule has 1 amide bonds. The number of nitrogens with one attached hydrogen (secondary N) is 1. The van der Waals surface area contributed by atoms with Crippen LogP contribution in [-0.2, 0) is 4.79 Å². The van der Waals surface area contributed by atoms with E-state index in [9.17, 15) is 4.79 Å². The Hall–Kier alpha value is -2.31. The van der Waals surface area contributed by atoms with Crippen LogP contribution < -0.4 is 14.8 Å². The van der Waals surface area contributed by atoms with E-state index < -0.39 is 0 Å². The van der Waals surface area contributed by atoms with Crippen LogP contribution in [0.4, 0.5) is 5.13 Å². The Balaban J connectivity index is 1.63. The zero-order chi connectivity index (χ0) is 16.2. The van der Waals surface area contributed by atoms with E-state index in [1.807, 2.05) is 12.1 Å². The number of halogens is 1. The summed E-state index contributed by atoms with van der Waals surface area (Å²) in [5, 5.41) is 3.77. The zero-order valence-electron chi connectivity index (χ0n) is 12.2. The standard InChI is InChI=1S/C16H13ClN2O3S/c1-21-10-4-2-5-11(8-10)22-9-14(20)18-16-19-15-12(17)6-3-7-13(15)23-16/h2-8H,9H2,1H3,(H,18,19,20). The maximum Gasteiger partial charge on any atom is 0.264 e. The number of ether oxygens (including phenoxy) is 2. The lowest BCUT2D eigenvalue weighted by molar-refractivity contribution is -0.118. The molecule has 0 bridgehead atoms. The van der Waals surface area contributed by atoms with Gasteiger partial charge in [-0.25, -0.2) is 4.98 Å². The summed E-state index contributed by atoms with van der Waals surface area (Å²) in [6, 6.07) is 12.6. The van der Waals surface area contributed by atoms with Gasteiger partial charge in [0.2, 0.25) is 0 Å². The molecule has 0 aliphatic heterocycles. The lowest BCUT2D eigenvalue weighted by Crippen LogP contribution is -2.20. The molecule has 23 heavy (non-hydrogen) atoms. The smallest absolute Gasteiger partial charge is 0.264 e. The Kier molecular flexibility index (Phi) is 4.64. The highest BCUT2D eigenvalue weighted by Crippen LogP contribution is 2.30. The largest absolute Gasteiger partial charge is 0.497 e. The molecule has 118 valence electrons. The average molecular weight is 349 g/mol. The normalized spacial score (nSPS) is 10.5. The van der Waals surface area contributed by atoms with Gasteiger partial charge in [0, 0.05) is 6.07 Å². The van der Waals surface area contributed by atoms with E-state index in [1.54, 1.807) is 37.4 Å². The lowest BCUT2D eigenvalue weighted by Gasteiger charge is -2.07. The molecule has 1 N–H and O–H groups in total. The van der Waals surface area contributed by atoms with Crippen molar-refractivity contribution in [1.82, 2.24) is 4.98 Å². The molecule has 2 aromatic carbocycles. The first-order valence-corrected chi connectivity index (χ1v) is 7.97. The molecule has 0 unspecified atom stereocenters. The quantitative estimate of drug-likeness (QED) is 0.757. The first-order valence-electron chi connectivity index (χ1n) is 6.77. The van der Waals surface area contributed by atoms with E-state index in [0.717, 1.165) is 4.70 Å². The first-order chi connectivity index (χ1) is 11.2. The molecule has 0 spiro atoms. The van der Waals surface area contributed by atoms with Crippen LogP contribution in [0.3, 0.4) is 0 Å². The summed E-state index contributed by atoms with van der Waals surface area (Å²) in [7, 11) is 1.57. The number of benzene rings is 2. The molecule has 0 radical (unpaired) electrons. The van der Waals surface area contributed by atoms with E-state index in [2.05, 4.69) is 10.3 Å². The van der Waals surface area contributed by atoms with Gasteiger partial charge >= 0.3 is 0 Å². The van der Waals surface area contributed by atoms with E-state index >= 15 is 0 Å². The highest BCUT2D eigenvalue weighted by molar-refractivity contribution is 7.22. The molecule has 1 aromatic heterocycles. The van der Waals surface area contributed by atoms with Gasteiger partial charge in [-0.05, 0) is 24.3 Å². The minimum Gasteiger partial charge on any atom is -0.497 e. The van der Waals surface area contributed by atoms with Crippen LogP contribution in [-0.4, -0.2) is 24.6 Å². The molecule has 0 saturated carbocycles. The van der Waals surface area contributed by atoms with Crippen molar-refractivity contribution in [1.29, 1.82) is 0 Å². The number of thiazole rings is 1. The Morgan fingerprint density at radius 3 is 2.83 bits per heavy atom. The summed E-state index contributed by atoms with van der Waals surface area (Å²) in [5.74, 6) is 0.943. The van der Waals surface area contributed by atoms with Crippen molar-refractivity contribution in [2.24, 2.45) is 0 Å². The fourth-order valence-electron chi connectivity index (χ4n) is 1.96. The predicted octanol–water partition coefficient (Wildman–Crippen LogP) is 3.98. The molecule has 3 rings (SSSR count). The van der Waals surface area contributed by atoms with Crippen molar-refractivity contribution in [2.75, 3.05) is 19.0 Å². The second-order valence-electron chi connectivity index (χ2n) is 4.62. The number of fused-ring (bicyclic) bond motifs is 1. The van der Waals surface area contributed by atoms with Gasteiger partial charge in [0.15, 0.2) is 11.7 Å².